The first kappa shape index (κ1) is 17.2. The average molecular weight is 375 g/mol. The van der Waals surface area contributed by atoms with E-state index >= 15 is 0 Å². The van der Waals surface area contributed by atoms with Gasteiger partial charge < -0.3 is 15.4 Å². The average Bonchev–Trinajstić information content (AvgIpc) is 3.00. The van der Waals surface area contributed by atoms with Gasteiger partial charge in [0.05, 0.1) is 4.91 Å². The molecule has 2 heterocycles. The van der Waals surface area contributed by atoms with Crippen LogP contribution in [0.25, 0.3) is 17.0 Å². The van der Waals surface area contributed by atoms with E-state index in [0.717, 1.165) is 33.1 Å². The van der Waals surface area contributed by atoms with E-state index in [9.17, 15) is 14.4 Å². The van der Waals surface area contributed by atoms with Crippen LogP contribution in [0.4, 0.5) is 0 Å². The number of primary amides is 1. The molecule has 3 N–H and O–H groups in total. The molecule has 0 radical (unpaired) electrons. The summed E-state index contributed by atoms with van der Waals surface area (Å²) < 4.78 is 1.92. The minimum Gasteiger partial charge on any atom is -0.480 e. The Bertz CT molecular complexity index is 948. The van der Waals surface area contributed by atoms with Crippen molar-refractivity contribution in [1.82, 2.24) is 9.47 Å². The molecule has 9 heteroatoms. The zero-order chi connectivity index (χ0) is 18.1. The van der Waals surface area contributed by atoms with E-state index in [4.69, 9.17) is 23.1 Å². The molecule has 2 aromatic rings. The SMILES string of the molecule is NC(=O)Cn1cc(C=C2SC(=S)N(CC(=O)O)C2=O)c2ccccc21. The number of benzene rings is 1. The van der Waals surface area contributed by atoms with Gasteiger partial charge in [-0.15, -0.1) is 0 Å². The molecule has 1 aromatic carbocycles. The van der Waals surface area contributed by atoms with Crippen molar-refractivity contribution in [2.45, 2.75) is 6.54 Å². The van der Waals surface area contributed by atoms with Crippen molar-refractivity contribution >= 4 is 63.1 Å². The van der Waals surface area contributed by atoms with Gasteiger partial charge in [0, 0.05) is 22.7 Å². The van der Waals surface area contributed by atoms with Gasteiger partial charge in [-0.1, -0.05) is 42.2 Å². The van der Waals surface area contributed by atoms with E-state index in [2.05, 4.69) is 0 Å². The van der Waals surface area contributed by atoms with Crippen LogP contribution in [0.1, 0.15) is 5.56 Å². The van der Waals surface area contributed by atoms with Crippen LogP contribution in [0.15, 0.2) is 35.4 Å². The number of thiocarbonyl (C=S) groups is 1. The molecule has 3 rings (SSSR count). The number of rotatable bonds is 5. The van der Waals surface area contributed by atoms with Gasteiger partial charge in [0.1, 0.15) is 17.4 Å². The lowest BCUT2D eigenvalue weighted by Crippen LogP contribution is -2.33. The van der Waals surface area contributed by atoms with Crippen molar-refractivity contribution in [3.8, 4) is 0 Å². The van der Waals surface area contributed by atoms with Crippen LogP contribution in [0.2, 0.25) is 0 Å². The Labute approximate surface area is 152 Å². The van der Waals surface area contributed by atoms with E-state index in [1.807, 2.05) is 24.3 Å². The highest BCUT2D eigenvalue weighted by atomic mass is 32.2. The summed E-state index contributed by atoms with van der Waals surface area (Å²) in [5.74, 6) is -2.04. The molecule has 1 aliphatic heterocycles. The third-order valence-electron chi connectivity index (χ3n) is 3.60. The Kier molecular flexibility index (Phi) is 4.60. The van der Waals surface area contributed by atoms with Gasteiger partial charge >= 0.3 is 5.97 Å². The van der Waals surface area contributed by atoms with E-state index in [0.29, 0.717) is 4.91 Å². The Morgan fingerprint density at radius 2 is 2.00 bits per heavy atom. The van der Waals surface area contributed by atoms with Crippen LogP contribution in [-0.4, -0.2) is 43.2 Å². The second kappa shape index (κ2) is 6.69. The largest absolute Gasteiger partial charge is 0.480 e. The Hall–Kier alpha value is -2.65. The molecule has 1 aliphatic rings. The van der Waals surface area contributed by atoms with Gasteiger partial charge in [-0.05, 0) is 12.1 Å². The van der Waals surface area contributed by atoms with E-state index in [-0.39, 0.29) is 10.9 Å². The number of hydrogen-bond donors (Lipinski definition) is 2. The number of amides is 2. The number of hydrogen-bond acceptors (Lipinski definition) is 5. The number of thioether (sulfide) groups is 1. The minimum atomic E-state index is -1.13. The number of para-hydroxylation sites is 1. The lowest BCUT2D eigenvalue weighted by atomic mass is 10.1. The Morgan fingerprint density at radius 3 is 2.68 bits per heavy atom. The first-order chi connectivity index (χ1) is 11.9. The summed E-state index contributed by atoms with van der Waals surface area (Å²) in [6.45, 7) is -0.445. The van der Waals surface area contributed by atoms with Gasteiger partial charge in [0.2, 0.25) is 5.91 Å². The van der Waals surface area contributed by atoms with Gasteiger partial charge in [0.15, 0.2) is 0 Å². The fourth-order valence-corrected chi connectivity index (χ4v) is 3.85. The van der Waals surface area contributed by atoms with Gasteiger partial charge in [0.25, 0.3) is 5.91 Å². The number of carbonyl (C=O) groups excluding carboxylic acids is 2. The number of aliphatic carboxylic acids is 1. The van der Waals surface area contributed by atoms with Crippen molar-refractivity contribution in [2.75, 3.05) is 6.54 Å². The van der Waals surface area contributed by atoms with Crippen LogP contribution in [0, 0.1) is 0 Å². The molecular weight excluding hydrogens is 362 g/mol. The summed E-state index contributed by atoms with van der Waals surface area (Å²) in [5.41, 5.74) is 6.82. The quantitative estimate of drug-likeness (QED) is 0.605. The number of fused-ring (bicyclic) bond motifs is 1. The Morgan fingerprint density at radius 1 is 1.28 bits per heavy atom. The molecule has 128 valence electrons. The standard InChI is InChI=1S/C16H13N3O4S2/c17-13(20)7-18-6-9(10-3-1-2-4-11(10)18)5-12-15(23)19(8-14(21)22)16(24)25-12/h1-6H,7-8H2,(H2,17,20)(H,21,22). The minimum absolute atomic E-state index is 0.0222. The smallest absolute Gasteiger partial charge is 0.323 e. The van der Waals surface area contributed by atoms with Crippen molar-refractivity contribution in [3.63, 3.8) is 0 Å². The second-order valence-corrected chi connectivity index (χ2v) is 7.03. The summed E-state index contributed by atoms with van der Waals surface area (Å²) in [7, 11) is 0. The van der Waals surface area contributed by atoms with Crippen LogP contribution < -0.4 is 5.73 Å². The summed E-state index contributed by atoms with van der Waals surface area (Å²) in [6, 6.07) is 7.42. The number of carboxylic acid groups (broad SMARTS) is 1. The monoisotopic (exact) mass is 375 g/mol. The normalized spacial score (nSPS) is 16.2. The summed E-state index contributed by atoms with van der Waals surface area (Å²) in [5, 5.41) is 9.74. The van der Waals surface area contributed by atoms with Crippen LogP contribution in [-0.2, 0) is 20.9 Å². The van der Waals surface area contributed by atoms with Crippen molar-refractivity contribution in [3.05, 3.63) is 40.9 Å². The molecule has 0 spiro atoms. The first-order valence-electron chi connectivity index (χ1n) is 7.20. The molecule has 0 aliphatic carbocycles. The maximum Gasteiger partial charge on any atom is 0.323 e. The molecule has 0 bridgehead atoms. The molecule has 2 amide bonds. The fourth-order valence-electron chi connectivity index (χ4n) is 2.60. The first-order valence-corrected chi connectivity index (χ1v) is 8.42. The van der Waals surface area contributed by atoms with Crippen molar-refractivity contribution < 1.29 is 19.5 Å². The number of nitrogens with two attached hydrogens (primary N) is 1. The maximum absolute atomic E-state index is 12.4. The molecule has 25 heavy (non-hydrogen) atoms. The van der Waals surface area contributed by atoms with Crippen molar-refractivity contribution in [2.24, 2.45) is 5.73 Å². The topological polar surface area (TPSA) is 106 Å². The van der Waals surface area contributed by atoms with Crippen LogP contribution >= 0.6 is 24.0 Å². The third kappa shape index (κ3) is 3.42. The van der Waals surface area contributed by atoms with Crippen LogP contribution in [0.3, 0.4) is 0 Å². The predicted octanol–water partition coefficient (Wildman–Crippen LogP) is 1.41. The van der Waals surface area contributed by atoms with Gasteiger partial charge in [-0.25, -0.2) is 0 Å². The van der Waals surface area contributed by atoms with E-state index < -0.39 is 24.3 Å². The molecule has 1 aromatic heterocycles. The molecule has 0 atom stereocenters. The number of nitrogens with zero attached hydrogens (tertiary/aromatic N) is 2. The number of carbonyl (C=O) groups is 3. The van der Waals surface area contributed by atoms with E-state index in [1.54, 1.807) is 16.8 Å². The molecule has 0 saturated carbocycles. The van der Waals surface area contributed by atoms with E-state index in [1.165, 1.54) is 0 Å². The molecule has 1 saturated heterocycles. The predicted molar refractivity (Wildman–Crippen MR) is 98.6 cm³/mol. The lowest BCUT2D eigenvalue weighted by Gasteiger charge is -2.10. The number of aromatic nitrogens is 1. The highest BCUT2D eigenvalue weighted by Crippen LogP contribution is 2.34. The second-order valence-electron chi connectivity index (χ2n) is 5.36. The molecule has 1 fully saturated rings. The van der Waals surface area contributed by atoms with Gasteiger partial charge in [-0.3, -0.25) is 19.3 Å². The summed E-state index contributed by atoms with van der Waals surface area (Å²) in [6.07, 6.45) is 3.39. The highest BCUT2D eigenvalue weighted by molar-refractivity contribution is 8.26. The molecule has 0 unspecified atom stereocenters. The molecule has 7 nitrogen and oxygen atoms in total. The summed E-state index contributed by atoms with van der Waals surface area (Å²) >= 11 is 6.14. The van der Waals surface area contributed by atoms with Crippen LogP contribution in [0.5, 0.6) is 0 Å². The zero-order valence-electron chi connectivity index (χ0n) is 12.8. The van der Waals surface area contributed by atoms with Gasteiger partial charge in [-0.2, -0.15) is 0 Å². The fraction of sp³-hybridized carbons (Fsp3) is 0.125. The maximum atomic E-state index is 12.4. The summed E-state index contributed by atoms with van der Waals surface area (Å²) in [4.78, 5) is 35.9. The Balaban J connectivity index is 2.01. The molecular formula is C16H13N3O4S2. The number of carboxylic acids is 1. The van der Waals surface area contributed by atoms with Crippen molar-refractivity contribution in [1.29, 1.82) is 0 Å². The zero-order valence-corrected chi connectivity index (χ0v) is 14.5. The highest BCUT2D eigenvalue weighted by Gasteiger charge is 2.33. The third-order valence-corrected chi connectivity index (χ3v) is 4.98. The lowest BCUT2D eigenvalue weighted by molar-refractivity contribution is -0.140.